The first-order chi connectivity index (χ1) is 15.0. The summed E-state index contributed by atoms with van der Waals surface area (Å²) < 4.78 is 2.17. The van der Waals surface area contributed by atoms with E-state index in [1.54, 1.807) is 36.4 Å². The molecule has 0 aliphatic heterocycles. The number of benzene rings is 3. The monoisotopic (exact) mass is 445 g/mol. The van der Waals surface area contributed by atoms with E-state index in [-0.39, 0.29) is 17.1 Å². The predicted molar refractivity (Wildman–Crippen MR) is 125 cm³/mol. The van der Waals surface area contributed by atoms with Gasteiger partial charge < -0.3 is 4.57 Å². The number of rotatable bonds is 3. The van der Waals surface area contributed by atoms with Crippen molar-refractivity contribution in [3.63, 3.8) is 0 Å². The van der Waals surface area contributed by atoms with Crippen molar-refractivity contribution < 1.29 is 9.59 Å². The maximum Gasteiger partial charge on any atom is 0.197 e. The molecule has 31 heavy (non-hydrogen) atoms. The fourth-order valence-electron chi connectivity index (χ4n) is 4.21. The molecule has 0 fully saturated rings. The molecule has 1 aromatic heterocycles. The van der Waals surface area contributed by atoms with E-state index in [4.69, 9.17) is 23.2 Å². The third-order valence-corrected chi connectivity index (χ3v) is 6.54. The van der Waals surface area contributed by atoms with Gasteiger partial charge in [-0.2, -0.15) is 0 Å². The van der Waals surface area contributed by atoms with E-state index in [9.17, 15) is 9.59 Å². The molecule has 0 N–H and O–H groups in total. The number of halogens is 2. The molecule has 1 aliphatic carbocycles. The van der Waals surface area contributed by atoms with Gasteiger partial charge in [0.2, 0.25) is 0 Å². The zero-order valence-corrected chi connectivity index (χ0v) is 18.2. The molecule has 3 aromatic carbocycles. The van der Waals surface area contributed by atoms with Crippen molar-refractivity contribution in [3.8, 4) is 0 Å². The van der Waals surface area contributed by atoms with Crippen LogP contribution in [0.3, 0.4) is 0 Å². The molecular weight excluding hydrogens is 429 g/mol. The lowest BCUT2D eigenvalue weighted by Gasteiger charge is -2.10. The smallest absolute Gasteiger partial charge is 0.197 e. The number of carbonyl (C=O) groups excluding carboxylic acids is 2. The van der Waals surface area contributed by atoms with E-state index in [1.807, 2.05) is 43.3 Å². The highest BCUT2D eigenvalue weighted by Gasteiger charge is 2.33. The van der Waals surface area contributed by atoms with Gasteiger partial charge in [0, 0.05) is 39.8 Å². The fraction of sp³-hybridized carbons (Fsp3) is 0.0769. The van der Waals surface area contributed by atoms with Crippen LogP contribution in [-0.4, -0.2) is 16.1 Å². The molecule has 5 rings (SSSR count). The van der Waals surface area contributed by atoms with E-state index in [0.717, 1.165) is 27.7 Å². The predicted octanol–water partition coefficient (Wildman–Crippen LogP) is 6.77. The molecule has 0 saturated heterocycles. The number of nitrogens with zero attached hydrogens (tertiary/aromatic N) is 1. The summed E-state index contributed by atoms with van der Waals surface area (Å²) in [4.78, 5) is 25.8. The van der Waals surface area contributed by atoms with Crippen molar-refractivity contribution in [2.45, 2.75) is 13.5 Å². The van der Waals surface area contributed by atoms with E-state index >= 15 is 0 Å². The molecule has 0 unspecified atom stereocenters. The van der Waals surface area contributed by atoms with Crippen molar-refractivity contribution in [1.82, 2.24) is 4.57 Å². The molecular formula is C26H17Cl2NO2. The summed E-state index contributed by atoms with van der Waals surface area (Å²) in [5.41, 5.74) is 5.02. The van der Waals surface area contributed by atoms with Crippen LogP contribution in [0.1, 0.15) is 37.5 Å². The van der Waals surface area contributed by atoms with Crippen LogP contribution in [0.2, 0.25) is 10.0 Å². The number of Topliss-reactive ketones (excluding diaryl/α,β-unsaturated/α-hetero) is 2. The van der Waals surface area contributed by atoms with Crippen molar-refractivity contribution in [3.05, 3.63) is 110 Å². The normalized spacial score (nSPS) is 13.2. The molecule has 5 heteroatoms. The first-order valence-corrected chi connectivity index (χ1v) is 10.6. The average molecular weight is 446 g/mol. The lowest BCUT2D eigenvalue weighted by molar-refractivity contribution is 0.0990. The Morgan fingerprint density at radius 1 is 0.839 bits per heavy atom. The number of allylic oxidation sites excluding steroid dienone is 1. The number of aromatic nitrogens is 1. The highest BCUT2D eigenvalue weighted by Crippen LogP contribution is 2.33. The minimum Gasteiger partial charge on any atom is -0.340 e. The van der Waals surface area contributed by atoms with Crippen LogP contribution in [0.4, 0.5) is 0 Å². The van der Waals surface area contributed by atoms with E-state index in [2.05, 4.69) is 4.57 Å². The van der Waals surface area contributed by atoms with Crippen LogP contribution in [0.15, 0.2) is 72.3 Å². The maximum atomic E-state index is 12.9. The quantitative estimate of drug-likeness (QED) is 0.257. The molecule has 4 aromatic rings. The number of hydrogen-bond donors (Lipinski definition) is 0. The van der Waals surface area contributed by atoms with Crippen LogP contribution < -0.4 is 0 Å². The van der Waals surface area contributed by atoms with Crippen LogP contribution in [0.5, 0.6) is 0 Å². The standard InChI is InChI=1S/C26H17Cl2NO2/c1-15-20(13-21-25(30)18-7-2-3-8-19(18)26(21)31)17-6-4-5-9-24(17)29(15)14-16-10-11-22(27)23(28)12-16/h2-13H,14H2,1H3. The Labute approximate surface area is 189 Å². The van der Waals surface area contributed by atoms with Gasteiger partial charge in [0.25, 0.3) is 0 Å². The highest BCUT2D eigenvalue weighted by atomic mass is 35.5. The largest absolute Gasteiger partial charge is 0.340 e. The van der Waals surface area contributed by atoms with Gasteiger partial charge in [0.15, 0.2) is 11.6 Å². The third kappa shape index (κ3) is 3.21. The number of hydrogen-bond acceptors (Lipinski definition) is 2. The first-order valence-electron chi connectivity index (χ1n) is 9.87. The zero-order chi connectivity index (χ0) is 21.7. The van der Waals surface area contributed by atoms with Crippen LogP contribution in [0.25, 0.3) is 17.0 Å². The first kappa shape index (κ1) is 19.8. The zero-order valence-electron chi connectivity index (χ0n) is 16.7. The lowest BCUT2D eigenvalue weighted by atomic mass is 10.0. The van der Waals surface area contributed by atoms with E-state index in [1.165, 1.54) is 0 Å². The van der Waals surface area contributed by atoms with Crippen molar-refractivity contribution in [1.29, 1.82) is 0 Å². The molecule has 0 saturated carbocycles. The summed E-state index contributed by atoms with van der Waals surface area (Å²) in [6.45, 7) is 2.59. The van der Waals surface area contributed by atoms with Gasteiger partial charge in [-0.25, -0.2) is 0 Å². The van der Waals surface area contributed by atoms with Crippen molar-refractivity contribution in [2.24, 2.45) is 0 Å². The second-order valence-corrected chi connectivity index (χ2v) is 8.43. The second-order valence-electron chi connectivity index (χ2n) is 7.61. The van der Waals surface area contributed by atoms with Gasteiger partial charge in [-0.15, -0.1) is 0 Å². The Morgan fingerprint density at radius 2 is 1.48 bits per heavy atom. The number of ketones is 2. The van der Waals surface area contributed by atoms with Crippen molar-refractivity contribution >= 4 is 51.7 Å². The number of carbonyl (C=O) groups is 2. The van der Waals surface area contributed by atoms with Crippen LogP contribution in [-0.2, 0) is 6.54 Å². The maximum absolute atomic E-state index is 12.9. The van der Waals surface area contributed by atoms with Gasteiger partial charge in [-0.1, -0.05) is 71.7 Å². The Kier molecular flexibility index (Phi) is 4.81. The van der Waals surface area contributed by atoms with Gasteiger partial charge in [0.1, 0.15) is 0 Å². The summed E-state index contributed by atoms with van der Waals surface area (Å²) in [6.07, 6.45) is 1.74. The molecule has 0 atom stereocenters. The van der Waals surface area contributed by atoms with Crippen LogP contribution >= 0.6 is 23.2 Å². The summed E-state index contributed by atoms with van der Waals surface area (Å²) in [5, 5.41) is 2.02. The minimum absolute atomic E-state index is 0.210. The van der Waals surface area contributed by atoms with Crippen molar-refractivity contribution in [2.75, 3.05) is 0 Å². The van der Waals surface area contributed by atoms with Gasteiger partial charge >= 0.3 is 0 Å². The summed E-state index contributed by atoms with van der Waals surface area (Å²) >= 11 is 12.3. The second kappa shape index (κ2) is 7.52. The van der Waals surface area contributed by atoms with Gasteiger partial charge in [0.05, 0.1) is 15.6 Å². The number of fused-ring (bicyclic) bond motifs is 2. The average Bonchev–Trinajstić information content (AvgIpc) is 3.18. The number of para-hydroxylation sites is 1. The Hall–Kier alpha value is -3.14. The van der Waals surface area contributed by atoms with E-state index < -0.39 is 0 Å². The van der Waals surface area contributed by atoms with Gasteiger partial charge in [-0.3, -0.25) is 9.59 Å². The van der Waals surface area contributed by atoms with E-state index in [0.29, 0.717) is 27.7 Å². The third-order valence-electron chi connectivity index (χ3n) is 5.80. The highest BCUT2D eigenvalue weighted by molar-refractivity contribution is 6.42. The Balaban J connectivity index is 1.65. The molecule has 0 amide bonds. The summed E-state index contributed by atoms with van der Waals surface area (Å²) in [5.74, 6) is -0.442. The molecule has 1 heterocycles. The molecule has 152 valence electrons. The molecule has 3 nitrogen and oxygen atoms in total. The molecule has 0 radical (unpaired) electrons. The Morgan fingerprint density at radius 3 is 2.16 bits per heavy atom. The minimum atomic E-state index is -0.221. The fourth-order valence-corrected chi connectivity index (χ4v) is 4.53. The lowest BCUT2D eigenvalue weighted by Crippen LogP contribution is -2.03. The topological polar surface area (TPSA) is 39.1 Å². The summed E-state index contributed by atoms with van der Waals surface area (Å²) in [7, 11) is 0. The summed E-state index contributed by atoms with van der Waals surface area (Å²) in [6, 6.07) is 20.5. The molecule has 1 aliphatic rings. The SMILES string of the molecule is Cc1c(C=C2C(=O)c3ccccc3C2=O)c2ccccc2n1Cc1ccc(Cl)c(Cl)c1. The van der Waals surface area contributed by atoms with Gasteiger partial charge in [-0.05, 0) is 36.8 Å². The molecule has 0 bridgehead atoms. The van der Waals surface area contributed by atoms with Crippen LogP contribution in [0, 0.1) is 6.92 Å². The Bertz CT molecular complexity index is 1390. The molecule has 0 spiro atoms.